The minimum Gasteiger partial charge on any atom is -0.492 e. The maximum atomic E-state index is 6.20. The number of rotatable bonds is 4. The third-order valence-electron chi connectivity index (χ3n) is 3.84. The molecule has 1 aliphatic rings. The number of hydrogen-bond donors (Lipinski definition) is 1. The Kier molecular flexibility index (Phi) is 4.43. The van der Waals surface area contributed by atoms with E-state index in [1.165, 1.54) is 0 Å². The zero-order chi connectivity index (χ0) is 15.5. The number of ether oxygens (including phenoxy) is 1. The highest BCUT2D eigenvalue weighted by molar-refractivity contribution is 6.32. The molecule has 1 unspecified atom stereocenters. The van der Waals surface area contributed by atoms with Crippen molar-refractivity contribution in [1.29, 1.82) is 0 Å². The van der Waals surface area contributed by atoms with Crippen molar-refractivity contribution in [2.45, 2.75) is 39.2 Å². The van der Waals surface area contributed by atoms with Gasteiger partial charge >= 0.3 is 0 Å². The smallest absolute Gasteiger partial charge is 0.243 e. The second kappa shape index (κ2) is 6.48. The Balaban J connectivity index is 1.87. The maximum Gasteiger partial charge on any atom is 0.243 e. The van der Waals surface area contributed by atoms with Crippen molar-refractivity contribution in [3.63, 3.8) is 0 Å². The van der Waals surface area contributed by atoms with Gasteiger partial charge in [-0.15, -0.1) is 5.10 Å². The van der Waals surface area contributed by atoms with Gasteiger partial charge in [0.25, 0.3) is 0 Å². The summed E-state index contributed by atoms with van der Waals surface area (Å²) < 4.78 is 5.68. The lowest BCUT2D eigenvalue weighted by Gasteiger charge is -2.27. The zero-order valence-electron chi connectivity index (χ0n) is 12.8. The number of halogens is 1. The fourth-order valence-electron chi connectivity index (χ4n) is 2.69. The lowest BCUT2D eigenvalue weighted by molar-refractivity contribution is 0.274. The van der Waals surface area contributed by atoms with Gasteiger partial charge in [-0.1, -0.05) is 37.6 Å². The summed E-state index contributed by atoms with van der Waals surface area (Å²) in [6.07, 6.45) is 2.54. The van der Waals surface area contributed by atoms with Crippen LogP contribution >= 0.6 is 11.6 Å². The van der Waals surface area contributed by atoms with Gasteiger partial charge in [0, 0.05) is 12.0 Å². The van der Waals surface area contributed by atoms with E-state index in [0.29, 0.717) is 17.6 Å². The molecular formula is C16H19ClN4O. The van der Waals surface area contributed by atoms with Crippen molar-refractivity contribution >= 4 is 17.5 Å². The molecule has 116 valence electrons. The normalized spacial score (nSPS) is 16.8. The fourth-order valence-corrected chi connectivity index (χ4v) is 2.93. The van der Waals surface area contributed by atoms with Crippen LogP contribution in [0.4, 0.5) is 5.95 Å². The predicted octanol–water partition coefficient (Wildman–Crippen LogP) is 3.59. The molecule has 0 fully saturated rings. The van der Waals surface area contributed by atoms with Gasteiger partial charge in [-0.05, 0) is 18.9 Å². The Labute approximate surface area is 135 Å². The molecule has 1 aliphatic heterocycles. The fraction of sp³-hybridized carbons (Fsp3) is 0.438. The van der Waals surface area contributed by atoms with Crippen LogP contribution in [0.25, 0.3) is 0 Å². The third-order valence-corrected chi connectivity index (χ3v) is 4.14. The molecule has 0 spiro atoms. The highest BCUT2D eigenvalue weighted by Crippen LogP contribution is 2.38. The van der Waals surface area contributed by atoms with Crippen molar-refractivity contribution in [2.75, 3.05) is 11.9 Å². The number of aryl methyl sites for hydroxylation is 2. The molecule has 0 bridgehead atoms. The molecule has 2 aromatic rings. The van der Waals surface area contributed by atoms with Crippen molar-refractivity contribution in [3.05, 3.63) is 40.2 Å². The molecule has 0 amide bonds. The Morgan fingerprint density at radius 1 is 1.23 bits per heavy atom. The van der Waals surface area contributed by atoms with E-state index in [0.717, 1.165) is 42.0 Å². The van der Waals surface area contributed by atoms with Gasteiger partial charge < -0.3 is 10.1 Å². The number of hydrogen-bond acceptors (Lipinski definition) is 5. The molecule has 22 heavy (non-hydrogen) atoms. The summed E-state index contributed by atoms with van der Waals surface area (Å²) in [6, 6.07) is 5.88. The summed E-state index contributed by atoms with van der Waals surface area (Å²) in [7, 11) is 0. The molecule has 1 N–H and O–H groups in total. The SMILES string of the molecule is CCc1nnc(NC2CCOc3c(Cl)cccc32)nc1CC. The van der Waals surface area contributed by atoms with Crippen LogP contribution in [0.3, 0.4) is 0 Å². The lowest BCUT2D eigenvalue weighted by atomic mass is 10.0. The van der Waals surface area contributed by atoms with E-state index in [9.17, 15) is 0 Å². The van der Waals surface area contributed by atoms with Gasteiger partial charge in [-0.2, -0.15) is 5.10 Å². The van der Waals surface area contributed by atoms with Crippen LogP contribution in [0, 0.1) is 0 Å². The quantitative estimate of drug-likeness (QED) is 0.933. The molecule has 6 heteroatoms. The number of fused-ring (bicyclic) bond motifs is 1. The van der Waals surface area contributed by atoms with E-state index in [4.69, 9.17) is 16.3 Å². The molecule has 0 radical (unpaired) electrons. The first-order valence-corrected chi connectivity index (χ1v) is 8.01. The standard InChI is InChI=1S/C16H19ClN4O/c1-3-12-13(4-2)20-21-16(18-12)19-14-8-9-22-15-10(14)6-5-7-11(15)17/h5-7,14H,3-4,8-9H2,1-2H3,(H,18,19,21). The number of anilines is 1. The Bertz CT molecular complexity index is 677. The monoisotopic (exact) mass is 318 g/mol. The third kappa shape index (κ3) is 2.86. The molecule has 1 aromatic heterocycles. The van der Waals surface area contributed by atoms with E-state index < -0.39 is 0 Å². The summed E-state index contributed by atoms with van der Waals surface area (Å²) in [5.74, 6) is 1.31. The van der Waals surface area contributed by atoms with Gasteiger partial charge in [-0.25, -0.2) is 4.98 Å². The second-order valence-electron chi connectivity index (χ2n) is 5.23. The van der Waals surface area contributed by atoms with Crippen molar-refractivity contribution in [1.82, 2.24) is 15.2 Å². The minimum atomic E-state index is 0.0847. The molecule has 0 aliphatic carbocycles. The van der Waals surface area contributed by atoms with E-state index in [1.54, 1.807) is 0 Å². The molecule has 0 saturated heterocycles. The van der Waals surface area contributed by atoms with Crippen LogP contribution in [0.5, 0.6) is 5.75 Å². The van der Waals surface area contributed by atoms with Gasteiger partial charge in [-0.3, -0.25) is 0 Å². The number of para-hydroxylation sites is 1. The average Bonchev–Trinajstić information content (AvgIpc) is 2.55. The molecule has 1 aromatic carbocycles. The molecule has 0 saturated carbocycles. The first-order chi connectivity index (χ1) is 10.7. The van der Waals surface area contributed by atoms with Crippen LogP contribution in [-0.4, -0.2) is 21.8 Å². The molecular weight excluding hydrogens is 300 g/mol. The predicted molar refractivity (Wildman–Crippen MR) is 86.5 cm³/mol. The molecule has 3 rings (SSSR count). The van der Waals surface area contributed by atoms with Crippen LogP contribution in [-0.2, 0) is 12.8 Å². The van der Waals surface area contributed by atoms with Crippen molar-refractivity contribution < 1.29 is 4.74 Å². The number of benzene rings is 1. The largest absolute Gasteiger partial charge is 0.492 e. The van der Waals surface area contributed by atoms with Crippen molar-refractivity contribution in [2.24, 2.45) is 0 Å². The Morgan fingerprint density at radius 2 is 2.05 bits per heavy atom. The Morgan fingerprint density at radius 3 is 2.82 bits per heavy atom. The van der Waals surface area contributed by atoms with Gasteiger partial charge in [0.2, 0.25) is 5.95 Å². The number of nitrogens with one attached hydrogen (secondary N) is 1. The average molecular weight is 319 g/mol. The maximum absolute atomic E-state index is 6.20. The summed E-state index contributed by atoms with van der Waals surface area (Å²) >= 11 is 6.20. The van der Waals surface area contributed by atoms with Crippen LogP contribution in [0.2, 0.25) is 5.02 Å². The minimum absolute atomic E-state index is 0.0847. The number of nitrogens with zero attached hydrogens (tertiary/aromatic N) is 3. The van der Waals surface area contributed by atoms with E-state index >= 15 is 0 Å². The highest BCUT2D eigenvalue weighted by atomic mass is 35.5. The highest BCUT2D eigenvalue weighted by Gasteiger charge is 2.24. The first-order valence-electron chi connectivity index (χ1n) is 7.63. The van der Waals surface area contributed by atoms with E-state index in [1.807, 2.05) is 18.2 Å². The van der Waals surface area contributed by atoms with E-state index in [-0.39, 0.29) is 6.04 Å². The van der Waals surface area contributed by atoms with Crippen LogP contribution in [0.15, 0.2) is 18.2 Å². The topological polar surface area (TPSA) is 59.9 Å². The van der Waals surface area contributed by atoms with Crippen LogP contribution < -0.4 is 10.1 Å². The Hall–Kier alpha value is -1.88. The van der Waals surface area contributed by atoms with Crippen molar-refractivity contribution in [3.8, 4) is 5.75 Å². The van der Waals surface area contributed by atoms with Gasteiger partial charge in [0.1, 0.15) is 5.75 Å². The van der Waals surface area contributed by atoms with Crippen LogP contribution in [0.1, 0.15) is 43.3 Å². The molecule has 1 atom stereocenters. The second-order valence-corrected chi connectivity index (χ2v) is 5.64. The summed E-state index contributed by atoms with van der Waals surface area (Å²) in [5, 5.41) is 12.5. The zero-order valence-corrected chi connectivity index (χ0v) is 13.5. The van der Waals surface area contributed by atoms with Gasteiger partial charge in [0.05, 0.1) is 29.1 Å². The molecule has 5 nitrogen and oxygen atoms in total. The summed E-state index contributed by atoms with van der Waals surface area (Å²) in [6.45, 7) is 4.76. The summed E-state index contributed by atoms with van der Waals surface area (Å²) in [5.41, 5.74) is 3.00. The molecule has 2 heterocycles. The number of aromatic nitrogens is 3. The van der Waals surface area contributed by atoms with Gasteiger partial charge in [0.15, 0.2) is 0 Å². The first kappa shape index (κ1) is 15.0. The lowest BCUT2D eigenvalue weighted by Crippen LogP contribution is -2.22. The summed E-state index contributed by atoms with van der Waals surface area (Å²) in [4.78, 5) is 4.59. The van der Waals surface area contributed by atoms with E-state index in [2.05, 4.69) is 34.3 Å².